The van der Waals surface area contributed by atoms with Gasteiger partial charge in [-0.3, -0.25) is 14.4 Å². The molecule has 26 heavy (non-hydrogen) atoms. The molecular weight excluding hydrogens is 332 g/mol. The molecule has 0 spiro atoms. The van der Waals surface area contributed by atoms with Crippen molar-refractivity contribution in [3.63, 3.8) is 0 Å². The van der Waals surface area contributed by atoms with Crippen LogP contribution in [0.3, 0.4) is 0 Å². The van der Waals surface area contributed by atoms with Gasteiger partial charge in [-0.2, -0.15) is 0 Å². The molecule has 0 bridgehead atoms. The number of anilines is 2. The first-order chi connectivity index (χ1) is 12.4. The van der Waals surface area contributed by atoms with Crippen LogP contribution in [0, 0.1) is 11.8 Å². The predicted molar refractivity (Wildman–Crippen MR) is 98.1 cm³/mol. The second-order valence-electron chi connectivity index (χ2n) is 6.57. The third kappa shape index (κ3) is 4.27. The van der Waals surface area contributed by atoms with E-state index in [9.17, 15) is 14.4 Å². The first-order valence-corrected chi connectivity index (χ1v) is 8.46. The zero-order chi connectivity index (χ0) is 18.7. The maximum Gasteiger partial charge on any atom is 0.307 e. The van der Waals surface area contributed by atoms with Gasteiger partial charge in [0.1, 0.15) is 0 Å². The van der Waals surface area contributed by atoms with E-state index in [0.717, 1.165) is 6.42 Å². The number of carboxylic acids is 1. The van der Waals surface area contributed by atoms with Crippen LogP contribution in [-0.2, 0) is 16.0 Å². The molecule has 1 fully saturated rings. The molecule has 3 rings (SSSR count). The Morgan fingerprint density at radius 3 is 2.31 bits per heavy atom. The largest absolute Gasteiger partial charge is 0.481 e. The number of hydrogen-bond donors (Lipinski definition) is 3. The monoisotopic (exact) mass is 352 g/mol. The van der Waals surface area contributed by atoms with Crippen LogP contribution < -0.4 is 10.6 Å². The van der Waals surface area contributed by atoms with E-state index in [1.54, 1.807) is 48.5 Å². The van der Waals surface area contributed by atoms with Crippen LogP contribution in [-0.4, -0.2) is 22.9 Å². The number of carboxylic acid groups (broad SMARTS) is 1. The van der Waals surface area contributed by atoms with Crippen molar-refractivity contribution in [3.05, 3.63) is 59.7 Å². The maximum absolute atomic E-state index is 12.4. The van der Waals surface area contributed by atoms with Crippen LogP contribution in [0.1, 0.15) is 29.3 Å². The lowest BCUT2D eigenvalue weighted by Crippen LogP contribution is -2.16. The second kappa shape index (κ2) is 7.39. The fourth-order valence-corrected chi connectivity index (χ4v) is 2.78. The second-order valence-corrected chi connectivity index (χ2v) is 6.57. The smallest absolute Gasteiger partial charge is 0.307 e. The molecule has 0 heterocycles. The maximum atomic E-state index is 12.4. The fourth-order valence-electron chi connectivity index (χ4n) is 2.78. The normalized spacial score (nSPS) is 18.0. The van der Waals surface area contributed by atoms with Crippen molar-refractivity contribution in [1.29, 1.82) is 0 Å². The molecule has 0 aliphatic heterocycles. The summed E-state index contributed by atoms with van der Waals surface area (Å²) in [5.74, 6) is -0.764. The molecule has 1 saturated carbocycles. The van der Waals surface area contributed by atoms with Crippen molar-refractivity contribution >= 4 is 29.2 Å². The Labute approximate surface area is 151 Å². The van der Waals surface area contributed by atoms with Gasteiger partial charge in [-0.15, -0.1) is 0 Å². The third-order valence-corrected chi connectivity index (χ3v) is 4.47. The molecule has 2 aromatic rings. The van der Waals surface area contributed by atoms with E-state index in [2.05, 4.69) is 10.6 Å². The number of benzene rings is 2. The van der Waals surface area contributed by atoms with Gasteiger partial charge in [-0.05, 0) is 48.2 Å². The van der Waals surface area contributed by atoms with E-state index in [1.165, 1.54) is 0 Å². The van der Waals surface area contributed by atoms with E-state index in [-0.39, 0.29) is 24.2 Å². The first-order valence-electron chi connectivity index (χ1n) is 8.46. The number of amides is 2. The molecule has 1 aliphatic rings. The molecule has 2 unspecified atom stereocenters. The van der Waals surface area contributed by atoms with E-state index < -0.39 is 5.97 Å². The van der Waals surface area contributed by atoms with Gasteiger partial charge < -0.3 is 15.7 Å². The summed E-state index contributed by atoms with van der Waals surface area (Å²) in [5, 5.41) is 14.5. The Hall–Kier alpha value is -3.15. The number of nitrogens with one attached hydrogen (secondary N) is 2. The van der Waals surface area contributed by atoms with Crippen molar-refractivity contribution in [2.75, 3.05) is 10.6 Å². The topological polar surface area (TPSA) is 95.5 Å². The third-order valence-electron chi connectivity index (χ3n) is 4.47. The SMILES string of the molecule is CC1CC1C(=O)Nc1ccc(C(=O)Nc2ccccc2CC(=O)O)cc1. The van der Waals surface area contributed by atoms with Crippen molar-refractivity contribution in [3.8, 4) is 0 Å². The molecule has 6 nitrogen and oxygen atoms in total. The molecule has 134 valence electrons. The number of hydrogen-bond acceptors (Lipinski definition) is 3. The predicted octanol–water partition coefficient (Wildman–Crippen LogP) is 3.16. The molecule has 6 heteroatoms. The fraction of sp³-hybridized carbons (Fsp3) is 0.250. The van der Waals surface area contributed by atoms with Gasteiger partial charge in [0, 0.05) is 22.9 Å². The van der Waals surface area contributed by atoms with Gasteiger partial charge in [0.2, 0.25) is 5.91 Å². The Balaban J connectivity index is 1.65. The summed E-state index contributed by atoms with van der Waals surface area (Å²) >= 11 is 0. The average Bonchev–Trinajstić information content (AvgIpc) is 3.34. The molecule has 0 radical (unpaired) electrons. The molecule has 0 saturated heterocycles. The zero-order valence-electron chi connectivity index (χ0n) is 14.4. The van der Waals surface area contributed by atoms with Crippen molar-refractivity contribution in [1.82, 2.24) is 0 Å². The highest BCUT2D eigenvalue weighted by Crippen LogP contribution is 2.38. The number of carbonyl (C=O) groups excluding carboxylic acids is 2. The highest BCUT2D eigenvalue weighted by atomic mass is 16.4. The average molecular weight is 352 g/mol. The van der Waals surface area contributed by atoms with Crippen LogP contribution >= 0.6 is 0 Å². The van der Waals surface area contributed by atoms with E-state index in [0.29, 0.717) is 28.4 Å². The lowest BCUT2D eigenvalue weighted by atomic mass is 10.1. The van der Waals surface area contributed by atoms with E-state index >= 15 is 0 Å². The number of carbonyl (C=O) groups is 3. The zero-order valence-corrected chi connectivity index (χ0v) is 14.4. The van der Waals surface area contributed by atoms with Crippen LogP contribution in [0.4, 0.5) is 11.4 Å². The molecule has 2 amide bonds. The minimum absolute atomic E-state index is 0.0114. The molecular formula is C20H20N2O4. The summed E-state index contributed by atoms with van der Waals surface area (Å²) in [6.45, 7) is 2.04. The summed E-state index contributed by atoms with van der Waals surface area (Å²) in [4.78, 5) is 35.3. The lowest BCUT2D eigenvalue weighted by molar-refractivity contribution is -0.136. The standard InChI is InChI=1S/C20H20N2O4/c1-12-10-16(12)20(26)21-15-8-6-13(7-9-15)19(25)22-17-5-3-2-4-14(17)11-18(23)24/h2-9,12,16H,10-11H2,1H3,(H,21,26)(H,22,25)(H,23,24). The van der Waals surface area contributed by atoms with Crippen molar-refractivity contribution in [2.45, 2.75) is 19.8 Å². The molecule has 0 aromatic heterocycles. The Morgan fingerprint density at radius 2 is 1.69 bits per heavy atom. The van der Waals surface area contributed by atoms with Crippen LogP contribution in [0.5, 0.6) is 0 Å². The van der Waals surface area contributed by atoms with Crippen molar-refractivity contribution in [2.24, 2.45) is 11.8 Å². The summed E-state index contributed by atoms with van der Waals surface area (Å²) in [6.07, 6.45) is 0.753. The van der Waals surface area contributed by atoms with Crippen molar-refractivity contribution < 1.29 is 19.5 Å². The van der Waals surface area contributed by atoms with Crippen LogP contribution in [0.25, 0.3) is 0 Å². The van der Waals surface area contributed by atoms with Gasteiger partial charge in [-0.1, -0.05) is 25.1 Å². The lowest BCUT2D eigenvalue weighted by Gasteiger charge is -2.10. The minimum Gasteiger partial charge on any atom is -0.481 e. The van der Waals surface area contributed by atoms with Crippen LogP contribution in [0.2, 0.25) is 0 Å². The van der Waals surface area contributed by atoms with Crippen LogP contribution in [0.15, 0.2) is 48.5 Å². The highest BCUT2D eigenvalue weighted by Gasteiger charge is 2.39. The summed E-state index contributed by atoms with van der Waals surface area (Å²) in [5.41, 5.74) is 2.08. The van der Waals surface area contributed by atoms with Gasteiger partial charge in [-0.25, -0.2) is 0 Å². The summed E-state index contributed by atoms with van der Waals surface area (Å²) < 4.78 is 0. The Morgan fingerprint density at radius 1 is 1.04 bits per heavy atom. The number of aliphatic carboxylic acids is 1. The van der Waals surface area contributed by atoms with Gasteiger partial charge in [0.25, 0.3) is 5.91 Å². The first kappa shape index (κ1) is 17.7. The van der Waals surface area contributed by atoms with E-state index in [4.69, 9.17) is 5.11 Å². The number of para-hydroxylation sites is 1. The molecule has 2 aromatic carbocycles. The van der Waals surface area contributed by atoms with Gasteiger partial charge >= 0.3 is 5.97 Å². The Kier molecular flexibility index (Phi) is 5.02. The Bertz CT molecular complexity index is 845. The van der Waals surface area contributed by atoms with E-state index in [1.807, 2.05) is 6.92 Å². The molecule has 2 atom stereocenters. The minimum atomic E-state index is -0.961. The van der Waals surface area contributed by atoms with Gasteiger partial charge in [0.05, 0.1) is 6.42 Å². The summed E-state index contributed by atoms with van der Waals surface area (Å²) in [6, 6.07) is 13.4. The van der Waals surface area contributed by atoms with Gasteiger partial charge in [0.15, 0.2) is 0 Å². The quantitative estimate of drug-likeness (QED) is 0.744. The molecule has 3 N–H and O–H groups in total. The highest BCUT2D eigenvalue weighted by molar-refractivity contribution is 6.05. The molecule has 1 aliphatic carbocycles. The summed E-state index contributed by atoms with van der Waals surface area (Å²) in [7, 11) is 0. The number of rotatable bonds is 6.